The number of carbonyl (C=O) groups is 1. The van der Waals surface area contributed by atoms with Gasteiger partial charge in [0.1, 0.15) is 0 Å². The Bertz CT molecular complexity index is 637. The third-order valence-corrected chi connectivity index (χ3v) is 3.06. The molecule has 0 fully saturated rings. The molecule has 0 bridgehead atoms. The van der Waals surface area contributed by atoms with Crippen LogP contribution in [0.15, 0.2) is 42.5 Å². The molecule has 1 aromatic carbocycles. The van der Waals surface area contributed by atoms with Crippen molar-refractivity contribution in [3.8, 4) is 11.3 Å². The number of benzene rings is 1. The first-order valence-electron chi connectivity index (χ1n) is 7.28. The smallest absolute Gasteiger partial charge is 0.319 e. The molecule has 0 aliphatic rings. The number of hydrogen-bond donors (Lipinski definition) is 3. The fourth-order valence-corrected chi connectivity index (χ4v) is 2.00. The molecule has 2 amide bonds. The van der Waals surface area contributed by atoms with Crippen LogP contribution in [0.1, 0.15) is 32.6 Å². The highest BCUT2D eigenvalue weighted by molar-refractivity contribution is 5.89. The number of anilines is 1. The van der Waals surface area contributed by atoms with E-state index in [1.54, 1.807) is 13.0 Å². The van der Waals surface area contributed by atoms with E-state index in [1.807, 2.05) is 50.2 Å². The zero-order valence-electron chi connectivity index (χ0n) is 13.0. The number of carbonyl (C=O) groups excluding carboxylic acids is 1. The second-order valence-electron chi connectivity index (χ2n) is 5.45. The highest BCUT2D eigenvalue weighted by atomic mass is 16.3. The summed E-state index contributed by atoms with van der Waals surface area (Å²) < 4.78 is 0. The van der Waals surface area contributed by atoms with Crippen molar-refractivity contribution in [1.29, 1.82) is 0 Å². The molecule has 0 spiro atoms. The molecule has 0 aliphatic heterocycles. The summed E-state index contributed by atoms with van der Waals surface area (Å²) in [6.45, 7) is 5.50. The van der Waals surface area contributed by atoms with Crippen molar-refractivity contribution in [1.82, 2.24) is 10.3 Å². The van der Waals surface area contributed by atoms with Crippen LogP contribution in [0, 0.1) is 0 Å². The Balaban J connectivity index is 2.12. The normalized spacial score (nSPS) is 12.0. The molecule has 0 unspecified atom stereocenters. The SMILES string of the molecule is CC(C)NC(=O)Nc1ccc(-c2cccc([C@H](C)O)n2)cc1. The minimum Gasteiger partial charge on any atom is -0.387 e. The van der Waals surface area contributed by atoms with Crippen molar-refractivity contribution in [2.75, 3.05) is 5.32 Å². The van der Waals surface area contributed by atoms with Crippen LogP contribution in [-0.4, -0.2) is 22.2 Å². The summed E-state index contributed by atoms with van der Waals surface area (Å²) in [5, 5.41) is 15.1. The standard InChI is InChI=1S/C17H21N3O2/c1-11(2)18-17(22)19-14-9-7-13(8-10-14)16-6-4-5-15(20-16)12(3)21/h4-12,21H,1-3H3,(H2,18,19,22)/t12-/m0/s1. The van der Waals surface area contributed by atoms with Crippen molar-refractivity contribution in [3.63, 3.8) is 0 Å². The van der Waals surface area contributed by atoms with Gasteiger partial charge in [-0.3, -0.25) is 4.98 Å². The summed E-state index contributed by atoms with van der Waals surface area (Å²) in [5.74, 6) is 0. The fourth-order valence-electron chi connectivity index (χ4n) is 2.00. The van der Waals surface area contributed by atoms with Crippen molar-refractivity contribution in [2.24, 2.45) is 0 Å². The van der Waals surface area contributed by atoms with Crippen LogP contribution in [0.3, 0.4) is 0 Å². The van der Waals surface area contributed by atoms with Crippen molar-refractivity contribution < 1.29 is 9.90 Å². The number of amides is 2. The molecule has 0 radical (unpaired) electrons. The largest absolute Gasteiger partial charge is 0.387 e. The Labute approximate surface area is 130 Å². The highest BCUT2D eigenvalue weighted by Crippen LogP contribution is 2.21. The predicted octanol–water partition coefficient (Wildman–Crippen LogP) is 3.33. The first-order valence-corrected chi connectivity index (χ1v) is 7.28. The van der Waals surface area contributed by atoms with Crippen LogP contribution in [0.4, 0.5) is 10.5 Å². The van der Waals surface area contributed by atoms with Crippen molar-refractivity contribution in [2.45, 2.75) is 32.9 Å². The topological polar surface area (TPSA) is 74.2 Å². The number of pyridine rings is 1. The molecule has 1 heterocycles. The summed E-state index contributed by atoms with van der Waals surface area (Å²) in [6, 6.07) is 12.8. The number of aromatic nitrogens is 1. The van der Waals surface area contributed by atoms with E-state index >= 15 is 0 Å². The van der Waals surface area contributed by atoms with Crippen LogP contribution in [0.2, 0.25) is 0 Å². The number of nitrogens with zero attached hydrogens (tertiary/aromatic N) is 1. The number of urea groups is 1. The Kier molecular flexibility index (Phi) is 5.12. The second-order valence-corrected chi connectivity index (χ2v) is 5.45. The van der Waals surface area contributed by atoms with Gasteiger partial charge in [-0.15, -0.1) is 0 Å². The summed E-state index contributed by atoms with van der Waals surface area (Å²) in [7, 11) is 0. The molecule has 3 N–H and O–H groups in total. The van der Waals surface area contributed by atoms with Crippen LogP contribution in [-0.2, 0) is 0 Å². The molecule has 2 rings (SSSR count). The molecule has 2 aromatic rings. The summed E-state index contributed by atoms with van der Waals surface area (Å²) >= 11 is 0. The molecular weight excluding hydrogens is 278 g/mol. The number of aliphatic hydroxyl groups is 1. The predicted molar refractivity (Wildman–Crippen MR) is 87.6 cm³/mol. The van der Waals surface area contributed by atoms with E-state index in [0.29, 0.717) is 11.4 Å². The van der Waals surface area contributed by atoms with E-state index < -0.39 is 6.10 Å². The van der Waals surface area contributed by atoms with Gasteiger partial charge in [-0.05, 0) is 45.0 Å². The van der Waals surface area contributed by atoms with Gasteiger partial charge in [0.2, 0.25) is 0 Å². The van der Waals surface area contributed by atoms with Crippen LogP contribution >= 0.6 is 0 Å². The molecule has 0 aliphatic carbocycles. The lowest BCUT2D eigenvalue weighted by molar-refractivity contribution is 0.194. The average Bonchev–Trinajstić information content (AvgIpc) is 2.47. The molecule has 5 heteroatoms. The van der Waals surface area contributed by atoms with E-state index in [9.17, 15) is 9.90 Å². The molecule has 1 aromatic heterocycles. The third-order valence-electron chi connectivity index (χ3n) is 3.06. The monoisotopic (exact) mass is 299 g/mol. The Morgan fingerprint density at radius 2 is 1.77 bits per heavy atom. The molecular formula is C17H21N3O2. The molecule has 5 nitrogen and oxygen atoms in total. The summed E-state index contributed by atoms with van der Waals surface area (Å²) in [5.41, 5.74) is 3.07. The molecule has 116 valence electrons. The zero-order valence-corrected chi connectivity index (χ0v) is 13.0. The fraction of sp³-hybridized carbons (Fsp3) is 0.294. The minimum atomic E-state index is -0.597. The van der Waals surface area contributed by atoms with E-state index in [0.717, 1.165) is 11.3 Å². The van der Waals surface area contributed by atoms with Crippen molar-refractivity contribution >= 4 is 11.7 Å². The molecule has 1 atom stereocenters. The van der Waals surface area contributed by atoms with Gasteiger partial charge in [-0.1, -0.05) is 18.2 Å². The van der Waals surface area contributed by atoms with Crippen LogP contribution in [0.25, 0.3) is 11.3 Å². The van der Waals surface area contributed by atoms with E-state index in [-0.39, 0.29) is 12.1 Å². The van der Waals surface area contributed by atoms with Gasteiger partial charge < -0.3 is 15.7 Å². The van der Waals surface area contributed by atoms with Gasteiger partial charge in [0.25, 0.3) is 0 Å². The first-order chi connectivity index (χ1) is 10.5. The second kappa shape index (κ2) is 7.04. The molecule has 22 heavy (non-hydrogen) atoms. The average molecular weight is 299 g/mol. The number of aliphatic hydroxyl groups excluding tert-OH is 1. The van der Waals surface area contributed by atoms with Crippen LogP contribution < -0.4 is 10.6 Å². The maximum absolute atomic E-state index is 11.6. The Hall–Kier alpha value is -2.40. The maximum Gasteiger partial charge on any atom is 0.319 e. The van der Waals surface area contributed by atoms with Crippen LogP contribution in [0.5, 0.6) is 0 Å². The van der Waals surface area contributed by atoms with Gasteiger partial charge in [0.05, 0.1) is 17.5 Å². The van der Waals surface area contributed by atoms with E-state index in [2.05, 4.69) is 15.6 Å². The quantitative estimate of drug-likeness (QED) is 0.810. The molecule has 0 saturated heterocycles. The Morgan fingerprint density at radius 1 is 1.09 bits per heavy atom. The summed E-state index contributed by atoms with van der Waals surface area (Å²) in [4.78, 5) is 16.1. The maximum atomic E-state index is 11.6. The number of nitrogens with one attached hydrogen (secondary N) is 2. The first kappa shape index (κ1) is 16.0. The third kappa shape index (κ3) is 4.30. The van der Waals surface area contributed by atoms with E-state index in [1.165, 1.54) is 0 Å². The molecule has 0 saturated carbocycles. The van der Waals surface area contributed by atoms with E-state index in [4.69, 9.17) is 0 Å². The minimum absolute atomic E-state index is 0.0895. The van der Waals surface area contributed by atoms with Gasteiger partial charge in [-0.25, -0.2) is 4.79 Å². The summed E-state index contributed by atoms with van der Waals surface area (Å²) in [6.07, 6.45) is -0.597. The van der Waals surface area contributed by atoms with Gasteiger partial charge in [-0.2, -0.15) is 0 Å². The zero-order chi connectivity index (χ0) is 16.1. The van der Waals surface area contributed by atoms with Gasteiger partial charge in [0.15, 0.2) is 0 Å². The lowest BCUT2D eigenvalue weighted by Crippen LogP contribution is -2.34. The van der Waals surface area contributed by atoms with Gasteiger partial charge >= 0.3 is 6.03 Å². The van der Waals surface area contributed by atoms with Gasteiger partial charge in [0, 0.05) is 17.3 Å². The Morgan fingerprint density at radius 3 is 2.36 bits per heavy atom. The lowest BCUT2D eigenvalue weighted by Gasteiger charge is -2.11. The van der Waals surface area contributed by atoms with Crippen molar-refractivity contribution in [3.05, 3.63) is 48.2 Å². The highest BCUT2D eigenvalue weighted by Gasteiger charge is 2.06. The lowest BCUT2D eigenvalue weighted by atomic mass is 10.1. The number of rotatable bonds is 4. The number of hydrogen-bond acceptors (Lipinski definition) is 3.